The monoisotopic (exact) mass is 545 g/mol. The average Bonchev–Trinajstić information content (AvgIpc) is 3.23. The van der Waals surface area contributed by atoms with E-state index in [2.05, 4.69) is 0 Å². The van der Waals surface area contributed by atoms with Crippen LogP contribution in [0, 0.1) is 0 Å². The minimum atomic E-state index is -3.76. The van der Waals surface area contributed by atoms with Gasteiger partial charge < -0.3 is 45.0 Å². The molecule has 2 aromatic carbocycles. The van der Waals surface area contributed by atoms with Crippen molar-refractivity contribution < 1.29 is 54.5 Å². The van der Waals surface area contributed by atoms with E-state index in [1.54, 1.807) is 35.6 Å². The summed E-state index contributed by atoms with van der Waals surface area (Å²) in [5.41, 5.74) is 1.31. The number of fused-ring (bicyclic) bond motifs is 1. The molecule has 1 unspecified atom stereocenters. The number of hydrogen-bond acceptors (Lipinski definition) is 12. The lowest BCUT2D eigenvalue weighted by Gasteiger charge is -2.44. The summed E-state index contributed by atoms with van der Waals surface area (Å²) in [6, 6.07) is 8.70. The summed E-state index contributed by atoms with van der Waals surface area (Å²) in [4.78, 5) is 39.4. The van der Waals surface area contributed by atoms with Crippen LogP contribution in [0.1, 0.15) is 27.0 Å². The van der Waals surface area contributed by atoms with Gasteiger partial charge in [-0.3, -0.25) is 19.7 Å². The largest absolute Gasteiger partial charge is 0.489 e. The number of carbonyl (C=O) groups excluding carboxylic acids is 3. The lowest BCUT2D eigenvalue weighted by Crippen LogP contribution is -2.79. The van der Waals surface area contributed by atoms with Gasteiger partial charge >= 0.3 is 5.79 Å². The third-order valence-corrected chi connectivity index (χ3v) is 7.15. The number of benzene rings is 2. The number of piperidine rings is 1. The summed E-state index contributed by atoms with van der Waals surface area (Å²) in [6.45, 7) is 1.15. The zero-order valence-corrected chi connectivity index (χ0v) is 20.5. The van der Waals surface area contributed by atoms with Crippen LogP contribution >= 0.6 is 0 Å². The summed E-state index contributed by atoms with van der Waals surface area (Å²) < 4.78 is 11.1. The van der Waals surface area contributed by atoms with Crippen LogP contribution in [0.4, 0.5) is 0 Å². The number of nitrogens with one attached hydrogen (secondary N) is 1. The third-order valence-electron chi connectivity index (χ3n) is 7.15. The van der Waals surface area contributed by atoms with E-state index in [0.717, 1.165) is 0 Å². The molecule has 14 nitrogen and oxygen atoms in total. The van der Waals surface area contributed by atoms with Crippen LogP contribution in [0.5, 0.6) is 5.75 Å². The molecule has 1 atom stereocenters. The van der Waals surface area contributed by atoms with E-state index < -0.39 is 41.2 Å². The molecule has 0 saturated carbocycles. The minimum absolute atomic E-state index is 0.0189. The number of carbonyl (C=O) groups is 3. The van der Waals surface area contributed by atoms with E-state index in [1.165, 1.54) is 17.0 Å². The first-order chi connectivity index (χ1) is 18.4. The maximum absolute atomic E-state index is 13.1. The van der Waals surface area contributed by atoms with Crippen molar-refractivity contribution in [2.24, 2.45) is 0 Å². The fourth-order valence-corrected chi connectivity index (χ4v) is 4.88. The molecule has 2 saturated heterocycles. The van der Waals surface area contributed by atoms with E-state index in [4.69, 9.17) is 9.47 Å². The number of amides is 3. The Morgan fingerprint density at radius 1 is 1.00 bits per heavy atom. The maximum Gasteiger partial charge on any atom is 0.303 e. The van der Waals surface area contributed by atoms with Gasteiger partial charge in [-0.05, 0) is 17.7 Å². The van der Waals surface area contributed by atoms with Crippen LogP contribution in [0.2, 0.25) is 0 Å². The summed E-state index contributed by atoms with van der Waals surface area (Å²) >= 11 is 0. The number of hydrogen-bond donors (Lipinski definition) is 7. The fourth-order valence-electron chi connectivity index (χ4n) is 4.88. The number of rotatable bonds is 6. The van der Waals surface area contributed by atoms with Gasteiger partial charge in [0.2, 0.25) is 0 Å². The lowest BCUT2D eigenvalue weighted by atomic mass is 9.90. The molecule has 0 spiro atoms. The molecule has 3 amide bonds. The molecule has 14 heteroatoms. The second kappa shape index (κ2) is 9.62. The van der Waals surface area contributed by atoms with Crippen LogP contribution in [-0.2, 0) is 33.4 Å². The molecule has 3 aliphatic heterocycles. The molecule has 7 N–H and O–H groups in total. The highest BCUT2D eigenvalue weighted by atomic mass is 16.6. The number of morpholine rings is 1. The van der Waals surface area contributed by atoms with Gasteiger partial charge in [-0.25, -0.2) is 4.90 Å². The molecule has 5 rings (SSSR count). The van der Waals surface area contributed by atoms with Gasteiger partial charge in [-0.15, -0.1) is 0 Å². The van der Waals surface area contributed by atoms with Crippen molar-refractivity contribution in [2.45, 2.75) is 36.7 Å². The van der Waals surface area contributed by atoms with Crippen molar-refractivity contribution >= 4 is 17.7 Å². The number of ether oxygens (including phenoxy) is 2. The summed E-state index contributed by atoms with van der Waals surface area (Å²) in [5, 5.41) is 63.4. The zero-order valence-electron chi connectivity index (χ0n) is 20.5. The first kappa shape index (κ1) is 27.1. The van der Waals surface area contributed by atoms with Gasteiger partial charge in [-0.1, -0.05) is 30.3 Å². The van der Waals surface area contributed by atoms with Crippen LogP contribution in [-0.4, -0.2) is 102 Å². The Kier molecular flexibility index (Phi) is 6.69. The highest BCUT2D eigenvalue weighted by Gasteiger charge is 2.67. The van der Waals surface area contributed by atoms with Crippen molar-refractivity contribution in [2.75, 3.05) is 26.3 Å². The van der Waals surface area contributed by atoms with E-state index in [9.17, 15) is 45.0 Å². The van der Waals surface area contributed by atoms with Gasteiger partial charge in [0.15, 0.2) is 6.04 Å². The normalized spacial score (nSPS) is 23.0. The molecular weight excluding hydrogens is 518 g/mol. The molecule has 39 heavy (non-hydrogen) atoms. The van der Waals surface area contributed by atoms with Crippen LogP contribution in [0.15, 0.2) is 42.5 Å². The predicted molar refractivity (Wildman–Crippen MR) is 127 cm³/mol. The highest BCUT2D eigenvalue weighted by Crippen LogP contribution is 2.37. The standard InChI is InChI=1S/C25H27N3O11/c29-20-19(23(32,33)24(34,35)22(31)26-20)28-12-17-16(21(28)30)2-1-3-18(17)39-13-14-4-6-15(7-5-14)25(36,37)27-8-10-38-11-9-27/h1-7,19,32-37H,8-13H2,(H,26,29,31). The first-order valence-corrected chi connectivity index (χ1v) is 12.0. The fraction of sp³-hybridized carbons (Fsp3) is 0.400. The van der Waals surface area contributed by atoms with Gasteiger partial charge in [0.1, 0.15) is 12.4 Å². The van der Waals surface area contributed by atoms with E-state index in [1.807, 2.05) is 0 Å². The van der Waals surface area contributed by atoms with Gasteiger partial charge in [0, 0.05) is 29.8 Å². The molecule has 0 aliphatic carbocycles. The van der Waals surface area contributed by atoms with Crippen molar-refractivity contribution in [3.05, 3.63) is 64.7 Å². The minimum Gasteiger partial charge on any atom is -0.489 e. The highest BCUT2D eigenvalue weighted by molar-refractivity contribution is 6.08. The van der Waals surface area contributed by atoms with Crippen molar-refractivity contribution in [3.8, 4) is 5.75 Å². The average molecular weight is 546 g/mol. The number of imide groups is 1. The molecule has 3 heterocycles. The van der Waals surface area contributed by atoms with Gasteiger partial charge in [0.25, 0.3) is 29.4 Å². The zero-order chi connectivity index (χ0) is 28.2. The smallest absolute Gasteiger partial charge is 0.303 e. The van der Waals surface area contributed by atoms with Crippen molar-refractivity contribution in [3.63, 3.8) is 0 Å². The Hall–Kier alpha value is -3.47. The van der Waals surface area contributed by atoms with Crippen molar-refractivity contribution in [1.82, 2.24) is 15.1 Å². The SMILES string of the molecule is O=C1NC(=O)C(O)(O)C(O)(O)C1N1Cc2c(OCc3ccc(C(O)(O)N4CCOCC4)cc3)cccc2C1=O. The molecule has 208 valence electrons. The topological polar surface area (TPSA) is 210 Å². The number of nitrogens with zero attached hydrogens (tertiary/aromatic N) is 2. The second-order valence-electron chi connectivity index (χ2n) is 9.56. The van der Waals surface area contributed by atoms with Gasteiger partial charge in [0.05, 0.1) is 19.8 Å². The molecule has 3 aliphatic rings. The molecule has 0 bridgehead atoms. The summed E-state index contributed by atoms with van der Waals surface area (Å²) in [5.74, 6) is -13.2. The van der Waals surface area contributed by atoms with Crippen molar-refractivity contribution in [1.29, 1.82) is 0 Å². The maximum atomic E-state index is 13.1. The Labute approximate surface area is 221 Å². The number of aliphatic hydroxyl groups is 6. The van der Waals surface area contributed by atoms with E-state index in [-0.39, 0.29) is 30.0 Å². The predicted octanol–water partition coefficient (Wildman–Crippen LogP) is -2.96. The van der Waals surface area contributed by atoms with Crippen LogP contribution in [0.3, 0.4) is 0 Å². The van der Waals surface area contributed by atoms with Crippen LogP contribution in [0.25, 0.3) is 0 Å². The Balaban J connectivity index is 1.32. The van der Waals surface area contributed by atoms with Gasteiger partial charge in [-0.2, -0.15) is 0 Å². The summed E-state index contributed by atoms with van der Waals surface area (Å²) in [6.07, 6.45) is 0. The molecule has 2 fully saturated rings. The van der Waals surface area contributed by atoms with E-state index >= 15 is 0 Å². The Morgan fingerprint density at radius 3 is 2.33 bits per heavy atom. The molecule has 0 aromatic heterocycles. The Morgan fingerprint density at radius 2 is 1.67 bits per heavy atom. The third kappa shape index (κ3) is 4.46. The quantitative estimate of drug-likeness (QED) is 0.143. The Bertz CT molecular complexity index is 1300. The summed E-state index contributed by atoms with van der Waals surface area (Å²) in [7, 11) is 0. The molecular formula is C25H27N3O11. The van der Waals surface area contributed by atoms with E-state index in [0.29, 0.717) is 42.3 Å². The first-order valence-electron chi connectivity index (χ1n) is 12.0. The molecule has 2 aromatic rings. The lowest BCUT2D eigenvalue weighted by molar-refractivity contribution is -0.355. The second-order valence-corrected chi connectivity index (χ2v) is 9.56. The van der Waals surface area contributed by atoms with Crippen LogP contribution < -0.4 is 10.1 Å². The molecule has 0 radical (unpaired) electrons.